The van der Waals surface area contributed by atoms with E-state index in [1.54, 1.807) is 12.4 Å². The number of allylic oxidation sites excluding steroid dienone is 1. The molecule has 0 fully saturated rings. The summed E-state index contributed by atoms with van der Waals surface area (Å²) in [6.07, 6.45) is 6.94. The van der Waals surface area contributed by atoms with Crippen LogP contribution in [0.3, 0.4) is 0 Å². The Balaban J connectivity index is 1.61. The molecular weight excluding hydrogens is 404 g/mol. The Morgan fingerprint density at radius 1 is 1.09 bits per heavy atom. The standard InChI is InChI=1S/C26H24N2O4/c1-18(21-11-5-13-23-22(21)12-6-14-24(23)31-17-25(29)30)32-28-26(19-8-3-2-4-9-19)20-10-7-15-27-16-20/h2-4,6-12,14-16,18H,5,13,17H2,1H3,(H,29,30)/b28-26+. The molecule has 1 unspecified atom stereocenters. The van der Waals surface area contributed by atoms with Crippen LogP contribution < -0.4 is 4.74 Å². The molecule has 4 rings (SSSR count). The lowest BCUT2D eigenvalue weighted by molar-refractivity contribution is -0.139. The van der Waals surface area contributed by atoms with E-state index in [4.69, 9.17) is 14.7 Å². The third-order valence-electron chi connectivity index (χ3n) is 5.28. The minimum atomic E-state index is -0.996. The van der Waals surface area contributed by atoms with Gasteiger partial charge in [0.25, 0.3) is 0 Å². The van der Waals surface area contributed by atoms with Crippen LogP contribution in [0, 0.1) is 0 Å². The largest absolute Gasteiger partial charge is 0.482 e. The van der Waals surface area contributed by atoms with Crippen molar-refractivity contribution in [1.82, 2.24) is 4.98 Å². The molecule has 2 aromatic carbocycles. The zero-order valence-corrected chi connectivity index (χ0v) is 17.8. The summed E-state index contributed by atoms with van der Waals surface area (Å²) in [7, 11) is 0. The number of rotatable bonds is 8. The molecule has 1 aliphatic rings. The van der Waals surface area contributed by atoms with Crippen molar-refractivity contribution in [3.8, 4) is 5.75 Å². The summed E-state index contributed by atoms with van der Waals surface area (Å²) in [6, 6.07) is 19.4. The van der Waals surface area contributed by atoms with Crippen LogP contribution in [0.4, 0.5) is 0 Å². The maximum atomic E-state index is 10.9. The van der Waals surface area contributed by atoms with E-state index < -0.39 is 5.97 Å². The number of hydrogen-bond donors (Lipinski definition) is 1. The molecule has 1 aromatic heterocycles. The summed E-state index contributed by atoms with van der Waals surface area (Å²) in [6.45, 7) is 1.60. The van der Waals surface area contributed by atoms with E-state index in [2.05, 4.69) is 16.2 Å². The first-order valence-electron chi connectivity index (χ1n) is 10.5. The van der Waals surface area contributed by atoms with Crippen LogP contribution in [0.2, 0.25) is 0 Å². The lowest BCUT2D eigenvalue weighted by Crippen LogP contribution is -2.16. The Morgan fingerprint density at radius 2 is 1.91 bits per heavy atom. The number of carboxylic acids is 1. The summed E-state index contributed by atoms with van der Waals surface area (Å²) in [5, 5.41) is 13.5. The van der Waals surface area contributed by atoms with Crippen LogP contribution in [0.5, 0.6) is 5.75 Å². The van der Waals surface area contributed by atoms with Gasteiger partial charge in [-0.2, -0.15) is 0 Å². The van der Waals surface area contributed by atoms with Crippen molar-refractivity contribution in [2.24, 2.45) is 5.16 Å². The molecule has 1 atom stereocenters. The van der Waals surface area contributed by atoms with Gasteiger partial charge >= 0.3 is 5.97 Å². The monoisotopic (exact) mass is 428 g/mol. The van der Waals surface area contributed by atoms with Crippen molar-refractivity contribution >= 4 is 17.3 Å². The van der Waals surface area contributed by atoms with Crippen LogP contribution in [0.25, 0.3) is 5.57 Å². The van der Waals surface area contributed by atoms with E-state index in [0.717, 1.165) is 40.7 Å². The average Bonchev–Trinajstić information content (AvgIpc) is 2.83. The smallest absolute Gasteiger partial charge is 0.341 e. The molecule has 162 valence electrons. The topological polar surface area (TPSA) is 81.0 Å². The number of carboxylic acid groups (broad SMARTS) is 1. The van der Waals surface area contributed by atoms with Gasteiger partial charge in [-0.05, 0) is 49.1 Å². The number of pyridine rings is 1. The quantitative estimate of drug-likeness (QED) is 0.414. The number of ether oxygens (including phenoxy) is 1. The molecular formula is C26H24N2O4. The summed E-state index contributed by atoms with van der Waals surface area (Å²) in [5.41, 5.74) is 5.53. The van der Waals surface area contributed by atoms with Gasteiger partial charge in [0.15, 0.2) is 6.61 Å². The molecule has 6 heteroatoms. The number of nitrogens with zero attached hydrogens (tertiary/aromatic N) is 2. The van der Waals surface area contributed by atoms with Gasteiger partial charge in [0.05, 0.1) is 0 Å². The van der Waals surface area contributed by atoms with Crippen molar-refractivity contribution in [3.05, 3.63) is 101 Å². The fourth-order valence-electron chi connectivity index (χ4n) is 3.80. The molecule has 0 bridgehead atoms. The molecule has 6 nitrogen and oxygen atoms in total. The summed E-state index contributed by atoms with van der Waals surface area (Å²) in [4.78, 5) is 21.1. The molecule has 32 heavy (non-hydrogen) atoms. The van der Waals surface area contributed by atoms with E-state index in [1.165, 1.54) is 0 Å². The Morgan fingerprint density at radius 3 is 2.66 bits per heavy atom. The van der Waals surface area contributed by atoms with Crippen LogP contribution >= 0.6 is 0 Å². The summed E-state index contributed by atoms with van der Waals surface area (Å²) in [5.74, 6) is -0.393. The minimum absolute atomic E-state index is 0.306. The second-order valence-electron chi connectivity index (χ2n) is 7.46. The molecule has 0 aliphatic heterocycles. The number of fused-ring (bicyclic) bond motifs is 1. The highest BCUT2D eigenvalue weighted by Gasteiger charge is 2.22. The fourth-order valence-corrected chi connectivity index (χ4v) is 3.80. The second-order valence-corrected chi connectivity index (χ2v) is 7.46. The van der Waals surface area contributed by atoms with Gasteiger partial charge in [-0.25, -0.2) is 4.79 Å². The number of carbonyl (C=O) groups is 1. The van der Waals surface area contributed by atoms with E-state index in [-0.39, 0.29) is 12.7 Å². The first-order valence-corrected chi connectivity index (χ1v) is 10.5. The van der Waals surface area contributed by atoms with Crippen LogP contribution in [-0.4, -0.2) is 34.5 Å². The highest BCUT2D eigenvalue weighted by atomic mass is 16.6. The maximum absolute atomic E-state index is 10.9. The first-order chi connectivity index (χ1) is 15.6. The van der Waals surface area contributed by atoms with Gasteiger partial charge in [0.2, 0.25) is 0 Å². The second kappa shape index (κ2) is 9.92. The lowest BCUT2D eigenvalue weighted by Gasteiger charge is -2.23. The predicted octanol–water partition coefficient (Wildman–Crippen LogP) is 4.73. The zero-order chi connectivity index (χ0) is 22.3. The SMILES string of the molecule is CC(O/N=C(\c1ccccc1)c1cccnc1)C1=CCCc2c(OCC(=O)O)cccc21. The zero-order valence-electron chi connectivity index (χ0n) is 17.8. The molecule has 0 spiro atoms. The third kappa shape index (κ3) is 4.86. The van der Waals surface area contributed by atoms with Crippen LogP contribution in [0.15, 0.2) is 84.3 Å². The van der Waals surface area contributed by atoms with E-state index >= 15 is 0 Å². The molecule has 1 N–H and O–H groups in total. The number of oxime groups is 1. The Labute approximate surface area is 186 Å². The minimum Gasteiger partial charge on any atom is -0.482 e. The van der Waals surface area contributed by atoms with Gasteiger partial charge in [-0.3, -0.25) is 4.98 Å². The molecule has 1 aliphatic carbocycles. The highest BCUT2D eigenvalue weighted by molar-refractivity contribution is 6.12. The average molecular weight is 428 g/mol. The summed E-state index contributed by atoms with van der Waals surface area (Å²) < 4.78 is 5.51. The number of aromatic nitrogens is 1. The number of benzene rings is 2. The van der Waals surface area contributed by atoms with Crippen molar-refractivity contribution in [3.63, 3.8) is 0 Å². The highest BCUT2D eigenvalue weighted by Crippen LogP contribution is 2.35. The van der Waals surface area contributed by atoms with Gasteiger partial charge < -0.3 is 14.7 Å². The van der Waals surface area contributed by atoms with Crippen LogP contribution in [0.1, 0.15) is 35.6 Å². The van der Waals surface area contributed by atoms with Crippen molar-refractivity contribution in [2.45, 2.75) is 25.9 Å². The van der Waals surface area contributed by atoms with Crippen molar-refractivity contribution < 1.29 is 19.5 Å². The number of hydrogen-bond acceptors (Lipinski definition) is 5. The van der Waals surface area contributed by atoms with E-state index in [0.29, 0.717) is 11.5 Å². The number of aliphatic carboxylic acids is 1. The van der Waals surface area contributed by atoms with Gasteiger partial charge in [-0.15, -0.1) is 0 Å². The van der Waals surface area contributed by atoms with Gasteiger partial charge in [0.1, 0.15) is 17.6 Å². The van der Waals surface area contributed by atoms with E-state index in [1.807, 2.05) is 67.6 Å². The molecule has 3 aromatic rings. The normalized spacial score (nSPS) is 14.2. The molecule has 0 amide bonds. The third-order valence-corrected chi connectivity index (χ3v) is 5.28. The van der Waals surface area contributed by atoms with Gasteiger partial charge in [0, 0.05) is 29.1 Å². The van der Waals surface area contributed by atoms with Crippen molar-refractivity contribution in [2.75, 3.05) is 6.61 Å². The van der Waals surface area contributed by atoms with E-state index in [9.17, 15) is 4.79 Å². The Kier molecular flexibility index (Phi) is 6.60. The molecule has 0 saturated carbocycles. The molecule has 0 radical (unpaired) electrons. The molecule has 1 heterocycles. The predicted molar refractivity (Wildman–Crippen MR) is 123 cm³/mol. The van der Waals surface area contributed by atoms with Crippen molar-refractivity contribution in [1.29, 1.82) is 0 Å². The Hall–Kier alpha value is -3.93. The Bertz CT molecular complexity index is 1100. The van der Waals surface area contributed by atoms with Crippen LogP contribution in [-0.2, 0) is 16.1 Å². The van der Waals surface area contributed by atoms with Gasteiger partial charge in [-0.1, -0.05) is 53.7 Å². The molecule has 0 saturated heterocycles. The maximum Gasteiger partial charge on any atom is 0.341 e. The first kappa shape index (κ1) is 21.3. The summed E-state index contributed by atoms with van der Waals surface area (Å²) >= 11 is 0. The lowest BCUT2D eigenvalue weighted by atomic mass is 9.88. The fraction of sp³-hybridized carbons (Fsp3) is 0.192.